The Balaban J connectivity index is 1.81. The van der Waals surface area contributed by atoms with Crippen LogP contribution in [0.4, 0.5) is 8.78 Å². The fraction of sp³-hybridized carbons (Fsp3) is 0.211. The van der Waals surface area contributed by atoms with Crippen molar-refractivity contribution in [2.24, 2.45) is 5.73 Å². The topological polar surface area (TPSA) is 113 Å². The summed E-state index contributed by atoms with van der Waals surface area (Å²) in [6, 6.07) is 7.51. The summed E-state index contributed by atoms with van der Waals surface area (Å²) in [6.07, 6.45) is 0.693. The molecule has 1 fully saturated rings. The highest BCUT2D eigenvalue weighted by atomic mass is 19.1. The van der Waals surface area contributed by atoms with Crippen LogP contribution >= 0.6 is 0 Å². The highest BCUT2D eigenvalue weighted by Gasteiger charge is 2.53. The molecule has 1 aliphatic rings. The molecule has 8 nitrogen and oxygen atoms in total. The summed E-state index contributed by atoms with van der Waals surface area (Å²) in [5.41, 5.74) is 4.77. The molecule has 29 heavy (non-hydrogen) atoms. The molecule has 0 aliphatic heterocycles. The van der Waals surface area contributed by atoms with Crippen LogP contribution in [0.3, 0.4) is 0 Å². The fourth-order valence-corrected chi connectivity index (χ4v) is 2.95. The van der Waals surface area contributed by atoms with Gasteiger partial charge in [0, 0.05) is 24.5 Å². The van der Waals surface area contributed by atoms with Crippen molar-refractivity contribution in [2.45, 2.75) is 25.4 Å². The monoisotopic (exact) mass is 399 g/mol. The van der Waals surface area contributed by atoms with Crippen LogP contribution in [0, 0.1) is 18.6 Å². The van der Waals surface area contributed by atoms with Crippen molar-refractivity contribution in [3.05, 3.63) is 59.4 Å². The molecule has 1 amide bonds. The zero-order valence-electron chi connectivity index (χ0n) is 15.2. The second kappa shape index (κ2) is 6.73. The van der Waals surface area contributed by atoms with Crippen molar-refractivity contribution < 1.29 is 23.1 Å². The molecule has 2 N–H and O–H groups in total. The Morgan fingerprint density at radius 1 is 1.17 bits per heavy atom. The Hall–Kier alpha value is -3.69. The van der Waals surface area contributed by atoms with E-state index < -0.39 is 29.1 Å². The van der Waals surface area contributed by atoms with Gasteiger partial charge in [-0.2, -0.15) is 4.68 Å². The third kappa shape index (κ3) is 3.44. The maximum atomic E-state index is 14.3. The molecule has 0 unspecified atom stereocenters. The van der Waals surface area contributed by atoms with E-state index in [2.05, 4.69) is 15.5 Å². The van der Waals surface area contributed by atoms with Crippen LogP contribution < -0.4 is 5.73 Å². The van der Waals surface area contributed by atoms with Crippen LogP contribution in [0.15, 0.2) is 36.4 Å². The molecule has 0 radical (unpaired) electrons. The Bertz CT molecular complexity index is 1140. The zero-order chi connectivity index (χ0) is 20.8. The van der Waals surface area contributed by atoms with E-state index in [1.165, 1.54) is 22.9 Å². The summed E-state index contributed by atoms with van der Waals surface area (Å²) in [5, 5.41) is 11.2. The molecule has 3 aromatic rings. The van der Waals surface area contributed by atoms with Gasteiger partial charge in [0.05, 0.1) is 11.3 Å². The van der Waals surface area contributed by atoms with Gasteiger partial charge in [-0.15, -0.1) is 5.10 Å². The van der Waals surface area contributed by atoms with Gasteiger partial charge in [-0.05, 0) is 53.2 Å². The largest absolute Gasteiger partial charge is 0.445 e. The number of nitrogens with zero attached hydrogens (tertiary/aromatic N) is 4. The molecule has 2 aromatic carbocycles. The molecule has 1 aromatic heterocycles. The fourth-order valence-electron chi connectivity index (χ4n) is 2.95. The number of hydrogen-bond donors (Lipinski definition) is 1. The maximum absolute atomic E-state index is 14.3. The molecular weight excluding hydrogens is 384 g/mol. The lowest BCUT2D eigenvalue weighted by Gasteiger charge is -2.15. The maximum Gasteiger partial charge on any atom is 0.339 e. The van der Waals surface area contributed by atoms with E-state index in [-0.39, 0.29) is 16.7 Å². The van der Waals surface area contributed by atoms with Gasteiger partial charge < -0.3 is 10.5 Å². The number of hydrogen-bond acceptors (Lipinski definition) is 6. The van der Waals surface area contributed by atoms with Crippen molar-refractivity contribution >= 4 is 11.9 Å². The van der Waals surface area contributed by atoms with Gasteiger partial charge in [0.1, 0.15) is 11.6 Å². The number of halogens is 2. The summed E-state index contributed by atoms with van der Waals surface area (Å²) in [5.74, 6) is -2.61. The lowest BCUT2D eigenvalue weighted by atomic mass is 10.0. The molecule has 1 heterocycles. The van der Waals surface area contributed by atoms with Crippen LogP contribution in [0.2, 0.25) is 0 Å². The van der Waals surface area contributed by atoms with E-state index in [4.69, 9.17) is 10.5 Å². The summed E-state index contributed by atoms with van der Waals surface area (Å²) in [7, 11) is 0. The lowest BCUT2D eigenvalue weighted by molar-refractivity contribution is -0.128. The van der Waals surface area contributed by atoms with Crippen LogP contribution in [0.5, 0.6) is 0 Å². The number of benzene rings is 2. The molecule has 0 spiro atoms. The number of esters is 1. The number of carbonyl (C=O) groups excluding carboxylic acids is 2. The van der Waals surface area contributed by atoms with E-state index in [1.807, 2.05) is 0 Å². The van der Waals surface area contributed by atoms with Crippen LogP contribution in [0.25, 0.3) is 16.8 Å². The average molecular weight is 399 g/mol. The van der Waals surface area contributed by atoms with Crippen LogP contribution in [-0.4, -0.2) is 37.7 Å². The van der Waals surface area contributed by atoms with Crippen molar-refractivity contribution in [2.75, 3.05) is 0 Å². The Kier molecular flexibility index (Phi) is 4.33. The first-order valence-electron chi connectivity index (χ1n) is 8.68. The van der Waals surface area contributed by atoms with Gasteiger partial charge in [0.25, 0.3) is 5.91 Å². The van der Waals surface area contributed by atoms with E-state index in [9.17, 15) is 18.4 Å². The summed E-state index contributed by atoms with van der Waals surface area (Å²) < 4.78 is 34.3. The van der Waals surface area contributed by atoms with Gasteiger partial charge in [0.2, 0.25) is 0 Å². The number of rotatable bonds is 5. The first-order valence-corrected chi connectivity index (χ1v) is 8.68. The highest BCUT2D eigenvalue weighted by Crippen LogP contribution is 2.40. The molecule has 148 valence electrons. The number of primary amides is 1. The molecule has 0 saturated heterocycles. The van der Waals surface area contributed by atoms with Crippen molar-refractivity contribution in [3.8, 4) is 16.8 Å². The summed E-state index contributed by atoms with van der Waals surface area (Å²) in [4.78, 5) is 24.2. The number of nitrogens with two attached hydrogens (primary N) is 1. The number of carbonyl (C=O) groups is 2. The molecule has 4 rings (SSSR count). The summed E-state index contributed by atoms with van der Waals surface area (Å²) in [6.45, 7) is 1.65. The van der Waals surface area contributed by atoms with E-state index >= 15 is 0 Å². The van der Waals surface area contributed by atoms with Crippen molar-refractivity contribution in [1.82, 2.24) is 20.2 Å². The highest BCUT2D eigenvalue weighted by molar-refractivity contribution is 5.96. The van der Waals surface area contributed by atoms with Gasteiger partial charge >= 0.3 is 5.97 Å². The smallest absolute Gasteiger partial charge is 0.339 e. The number of aryl methyl sites for hydroxylation is 1. The third-order valence-electron chi connectivity index (χ3n) is 4.71. The predicted molar refractivity (Wildman–Crippen MR) is 95.8 cm³/mol. The minimum absolute atomic E-state index is 0.0450. The lowest BCUT2D eigenvalue weighted by Crippen LogP contribution is -2.35. The Labute approximate surface area is 163 Å². The van der Waals surface area contributed by atoms with Crippen LogP contribution in [-0.2, 0) is 9.53 Å². The van der Waals surface area contributed by atoms with E-state index in [0.717, 1.165) is 12.1 Å². The van der Waals surface area contributed by atoms with Gasteiger partial charge in [0.15, 0.2) is 11.4 Å². The Morgan fingerprint density at radius 3 is 2.52 bits per heavy atom. The van der Waals surface area contributed by atoms with Crippen molar-refractivity contribution in [3.63, 3.8) is 0 Å². The number of amides is 1. The second-order valence-corrected chi connectivity index (χ2v) is 6.78. The Morgan fingerprint density at radius 2 is 1.93 bits per heavy atom. The normalized spacial score (nSPS) is 14.4. The van der Waals surface area contributed by atoms with Gasteiger partial charge in [-0.1, -0.05) is 0 Å². The van der Waals surface area contributed by atoms with Crippen molar-refractivity contribution in [1.29, 1.82) is 0 Å². The van der Waals surface area contributed by atoms with Gasteiger partial charge in [-0.25, -0.2) is 13.6 Å². The summed E-state index contributed by atoms with van der Waals surface area (Å²) >= 11 is 0. The SMILES string of the molecule is Cc1nnnn1-c1cc(C(=O)OC2(C(N)=O)CC2)cc(-c2ccc(F)cc2F)c1. The molecule has 10 heteroatoms. The third-order valence-corrected chi connectivity index (χ3v) is 4.71. The second-order valence-electron chi connectivity index (χ2n) is 6.78. The molecule has 0 atom stereocenters. The zero-order valence-corrected chi connectivity index (χ0v) is 15.2. The minimum atomic E-state index is -1.31. The van der Waals surface area contributed by atoms with Gasteiger partial charge in [-0.3, -0.25) is 4.79 Å². The number of aromatic nitrogens is 4. The van der Waals surface area contributed by atoms with E-state index in [0.29, 0.717) is 24.4 Å². The number of ether oxygens (including phenoxy) is 1. The average Bonchev–Trinajstić information content (AvgIpc) is 3.33. The molecule has 1 aliphatic carbocycles. The number of tetrazole rings is 1. The molecule has 0 bridgehead atoms. The predicted octanol–water partition coefficient (Wildman–Crippen LogP) is 2.09. The quantitative estimate of drug-likeness (QED) is 0.658. The van der Waals surface area contributed by atoms with Crippen LogP contribution in [0.1, 0.15) is 29.0 Å². The first kappa shape index (κ1) is 18.7. The minimum Gasteiger partial charge on any atom is -0.445 e. The molecular formula is C19H15F2N5O3. The molecule has 1 saturated carbocycles. The standard InChI is InChI=1S/C19H15F2N5O3/c1-10-23-24-25-26(10)14-7-11(15-3-2-13(20)9-16(15)21)6-12(8-14)17(27)29-19(4-5-19)18(22)28/h2-3,6-9H,4-5H2,1H3,(H2,22,28). The first-order chi connectivity index (χ1) is 13.8. The van der Waals surface area contributed by atoms with E-state index in [1.54, 1.807) is 13.0 Å².